The van der Waals surface area contributed by atoms with Gasteiger partial charge in [0.1, 0.15) is 6.10 Å². The van der Waals surface area contributed by atoms with Gasteiger partial charge in [0, 0.05) is 7.11 Å². The number of nitrogens with zero attached hydrogens (tertiary/aromatic N) is 1. The van der Waals surface area contributed by atoms with Crippen LogP contribution in [0.15, 0.2) is 35.5 Å². The van der Waals surface area contributed by atoms with Gasteiger partial charge in [-0.1, -0.05) is 35.5 Å². The Kier molecular flexibility index (Phi) is 3.29. The average Bonchev–Trinajstić information content (AvgIpc) is 2.15. The Morgan fingerprint density at radius 3 is 2.58 bits per heavy atom. The molecule has 0 fully saturated rings. The molecule has 1 unspecified atom stereocenters. The maximum Gasteiger partial charge on any atom is 0.121 e. The number of oxime groups is 1. The number of ether oxygens (including phenoxy) is 1. The van der Waals surface area contributed by atoms with Crippen molar-refractivity contribution in [1.29, 1.82) is 0 Å². The molecule has 0 bridgehead atoms. The largest absolute Gasteiger partial charge is 0.411 e. The van der Waals surface area contributed by atoms with Crippen molar-refractivity contribution >= 4 is 6.21 Å². The van der Waals surface area contributed by atoms with Crippen molar-refractivity contribution in [2.45, 2.75) is 6.10 Å². The summed E-state index contributed by atoms with van der Waals surface area (Å²) in [6.45, 7) is 0. The highest BCUT2D eigenvalue weighted by Gasteiger charge is 2.05. The van der Waals surface area contributed by atoms with Gasteiger partial charge in [-0.05, 0) is 5.56 Å². The molecule has 0 saturated carbocycles. The smallest absolute Gasteiger partial charge is 0.121 e. The Morgan fingerprint density at radius 2 is 2.08 bits per heavy atom. The Bertz CT molecular complexity index is 246. The fraction of sp³-hybridized carbons (Fsp3) is 0.222. The third-order valence-electron chi connectivity index (χ3n) is 1.58. The van der Waals surface area contributed by atoms with Gasteiger partial charge in [-0.25, -0.2) is 0 Å². The molecule has 1 aromatic carbocycles. The molecule has 1 atom stereocenters. The molecule has 0 aliphatic carbocycles. The van der Waals surface area contributed by atoms with E-state index in [4.69, 9.17) is 9.94 Å². The van der Waals surface area contributed by atoms with Gasteiger partial charge < -0.3 is 9.94 Å². The van der Waals surface area contributed by atoms with Crippen LogP contribution < -0.4 is 0 Å². The summed E-state index contributed by atoms with van der Waals surface area (Å²) in [7, 11) is 1.57. The second kappa shape index (κ2) is 4.51. The topological polar surface area (TPSA) is 41.8 Å². The normalized spacial score (nSPS) is 13.4. The van der Waals surface area contributed by atoms with Crippen molar-refractivity contribution in [3.63, 3.8) is 0 Å². The molecule has 64 valence electrons. The molecule has 0 saturated heterocycles. The van der Waals surface area contributed by atoms with Gasteiger partial charge >= 0.3 is 0 Å². The number of methoxy groups -OCH3 is 1. The fourth-order valence-corrected chi connectivity index (χ4v) is 0.986. The lowest BCUT2D eigenvalue weighted by Crippen LogP contribution is -2.02. The van der Waals surface area contributed by atoms with Crippen LogP contribution in [0.4, 0.5) is 0 Å². The van der Waals surface area contributed by atoms with Crippen molar-refractivity contribution < 1.29 is 9.94 Å². The summed E-state index contributed by atoms with van der Waals surface area (Å²) in [4.78, 5) is 0. The van der Waals surface area contributed by atoms with E-state index in [0.717, 1.165) is 5.56 Å². The van der Waals surface area contributed by atoms with E-state index < -0.39 is 0 Å². The lowest BCUT2D eigenvalue weighted by molar-refractivity contribution is 0.158. The van der Waals surface area contributed by atoms with Crippen LogP contribution in [-0.2, 0) is 4.74 Å². The van der Waals surface area contributed by atoms with Gasteiger partial charge in [-0.15, -0.1) is 0 Å². The van der Waals surface area contributed by atoms with E-state index >= 15 is 0 Å². The Morgan fingerprint density at radius 1 is 1.42 bits per heavy atom. The molecule has 0 spiro atoms. The van der Waals surface area contributed by atoms with Crippen LogP contribution in [0.1, 0.15) is 11.7 Å². The highest BCUT2D eigenvalue weighted by molar-refractivity contribution is 5.65. The van der Waals surface area contributed by atoms with E-state index in [1.54, 1.807) is 7.11 Å². The van der Waals surface area contributed by atoms with Crippen molar-refractivity contribution in [3.8, 4) is 0 Å². The molecule has 3 nitrogen and oxygen atoms in total. The first kappa shape index (κ1) is 8.74. The zero-order valence-electron chi connectivity index (χ0n) is 6.84. The van der Waals surface area contributed by atoms with Crippen molar-refractivity contribution in [2.24, 2.45) is 5.16 Å². The van der Waals surface area contributed by atoms with Crippen LogP contribution in [0.25, 0.3) is 0 Å². The highest BCUT2D eigenvalue weighted by atomic mass is 16.5. The number of hydrogen-bond acceptors (Lipinski definition) is 3. The molecule has 0 aliphatic rings. The standard InChI is InChI=1S/C9H11NO2/c1-12-9(7-10-11)8-5-3-2-4-6-8/h2-7,9,11H,1H3. The lowest BCUT2D eigenvalue weighted by Gasteiger charge is -2.08. The van der Waals surface area contributed by atoms with Crippen molar-refractivity contribution in [2.75, 3.05) is 7.11 Å². The quantitative estimate of drug-likeness (QED) is 0.422. The predicted molar refractivity (Wildman–Crippen MR) is 46.5 cm³/mol. The van der Waals surface area contributed by atoms with Gasteiger partial charge in [0.05, 0.1) is 6.21 Å². The molecule has 12 heavy (non-hydrogen) atoms. The minimum Gasteiger partial charge on any atom is -0.411 e. The first-order chi connectivity index (χ1) is 5.88. The van der Waals surface area contributed by atoms with Crippen LogP contribution in [-0.4, -0.2) is 18.5 Å². The lowest BCUT2D eigenvalue weighted by atomic mass is 10.1. The maximum atomic E-state index is 8.32. The third kappa shape index (κ3) is 2.07. The van der Waals surface area contributed by atoms with E-state index in [2.05, 4.69) is 5.16 Å². The van der Waals surface area contributed by atoms with Crippen LogP contribution in [0, 0.1) is 0 Å². The molecule has 1 aromatic rings. The summed E-state index contributed by atoms with van der Waals surface area (Å²) in [6, 6.07) is 9.57. The summed E-state index contributed by atoms with van der Waals surface area (Å²) < 4.78 is 5.07. The second-order valence-electron chi connectivity index (χ2n) is 2.33. The monoisotopic (exact) mass is 165 g/mol. The number of rotatable bonds is 3. The SMILES string of the molecule is COC(C=NO)c1ccccc1. The van der Waals surface area contributed by atoms with Gasteiger partial charge in [-0.3, -0.25) is 0 Å². The van der Waals surface area contributed by atoms with Crippen LogP contribution in [0.3, 0.4) is 0 Å². The zero-order valence-corrected chi connectivity index (χ0v) is 6.84. The van der Waals surface area contributed by atoms with Gasteiger partial charge in [-0.2, -0.15) is 0 Å². The molecule has 3 heteroatoms. The van der Waals surface area contributed by atoms with Crippen LogP contribution in [0.2, 0.25) is 0 Å². The molecular formula is C9H11NO2. The highest BCUT2D eigenvalue weighted by Crippen LogP contribution is 2.12. The molecule has 0 heterocycles. The Labute approximate surface area is 71.3 Å². The molecule has 0 aromatic heterocycles. The molecule has 0 aliphatic heterocycles. The van der Waals surface area contributed by atoms with E-state index in [1.807, 2.05) is 30.3 Å². The first-order valence-corrected chi connectivity index (χ1v) is 3.63. The average molecular weight is 165 g/mol. The minimum atomic E-state index is -0.267. The number of benzene rings is 1. The predicted octanol–water partition coefficient (Wildman–Crippen LogP) is 1.83. The molecule has 0 radical (unpaired) electrons. The van der Waals surface area contributed by atoms with Crippen molar-refractivity contribution in [1.82, 2.24) is 0 Å². The molecule has 0 amide bonds. The molecule has 1 N–H and O–H groups in total. The van der Waals surface area contributed by atoms with E-state index in [0.29, 0.717) is 0 Å². The zero-order chi connectivity index (χ0) is 8.81. The minimum absolute atomic E-state index is 0.267. The summed E-state index contributed by atoms with van der Waals surface area (Å²) in [5.74, 6) is 0. The number of hydrogen-bond donors (Lipinski definition) is 1. The second-order valence-corrected chi connectivity index (χ2v) is 2.33. The van der Waals surface area contributed by atoms with E-state index in [1.165, 1.54) is 6.21 Å². The summed E-state index contributed by atoms with van der Waals surface area (Å²) in [5, 5.41) is 11.3. The van der Waals surface area contributed by atoms with E-state index in [-0.39, 0.29) is 6.10 Å². The fourth-order valence-electron chi connectivity index (χ4n) is 0.986. The maximum absolute atomic E-state index is 8.32. The Hall–Kier alpha value is -1.35. The summed E-state index contributed by atoms with van der Waals surface area (Å²) in [6.07, 6.45) is 1.08. The first-order valence-electron chi connectivity index (χ1n) is 3.63. The third-order valence-corrected chi connectivity index (χ3v) is 1.58. The van der Waals surface area contributed by atoms with E-state index in [9.17, 15) is 0 Å². The van der Waals surface area contributed by atoms with Gasteiger partial charge in [0.2, 0.25) is 0 Å². The molecule has 1 rings (SSSR count). The molecular weight excluding hydrogens is 154 g/mol. The van der Waals surface area contributed by atoms with Gasteiger partial charge in [0.15, 0.2) is 0 Å². The Balaban J connectivity index is 2.80. The summed E-state index contributed by atoms with van der Waals surface area (Å²) >= 11 is 0. The van der Waals surface area contributed by atoms with Crippen LogP contribution >= 0.6 is 0 Å². The summed E-state index contributed by atoms with van der Waals surface area (Å²) in [5.41, 5.74) is 0.970. The van der Waals surface area contributed by atoms with Crippen molar-refractivity contribution in [3.05, 3.63) is 35.9 Å². The van der Waals surface area contributed by atoms with Gasteiger partial charge in [0.25, 0.3) is 0 Å². The van der Waals surface area contributed by atoms with Crippen LogP contribution in [0.5, 0.6) is 0 Å².